The Kier molecular flexibility index (Phi) is 3.09. The van der Waals surface area contributed by atoms with Gasteiger partial charge >= 0.3 is 0 Å². The van der Waals surface area contributed by atoms with Gasteiger partial charge in [-0.25, -0.2) is 0 Å². The molecule has 4 amide bonds. The number of rotatable bonds is 2. The molecular weight excluding hydrogens is 320 g/mol. The average Bonchev–Trinajstić information content (AvgIpc) is 3.03. The normalized spacial score (nSPS) is 22.1. The van der Waals surface area contributed by atoms with Gasteiger partial charge < -0.3 is 0 Å². The summed E-state index contributed by atoms with van der Waals surface area (Å²) < 4.78 is 0. The highest BCUT2D eigenvalue weighted by Gasteiger charge is 2.39. The largest absolute Gasteiger partial charge is 0.288 e. The first-order chi connectivity index (χ1) is 11.8. The van der Waals surface area contributed by atoms with Crippen LogP contribution in [0.4, 0.5) is 0 Å². The van der Waals surface area contributed by atoms with E-state index in [0.29, 0.717) is 28.7 Å². The van der Waals surface area contributed by atoms with Crippen molar-refractivity contribution in [3.05, 3.63) is 58.2 Å². The van der Waals surface area contributed by atoms with E-state index in [0.717, 1.165) is 5.56 Å². The van der Waals surface area contributed by atoms with Gasteiger partial charge in [0, 0.05) is 11.1 Å². The second kappa shape index (κ2) is 4.99. The fourth-order valence-corrected chi connectivity index (χ4v) is 3.66. The van der Waals surface area contributed by atoms with Crippen LogP contribution in [-0.2, 0) is 15.0 Å². The van der Waals surface area contributed by atoms with Crippen molar-refractivity contribution in [3.63, 3.8) is 0 Å². The second-order valence-corrected chi connectivity index (χ2v) is 7.11. The number of allylic oxidation sites excluding steroid dienone is 1. The van der Waals surface area contributed by atoms with Crippen molar-refractivity contribution in [3.8, 4) is 0 Å². The van der Waals surface area contributed by atoms with Gasteiger partial charge in [0.15, 0.2) is 0 Å². The van der Waals surface area contributed by atoms with Gasteiger partial charge in [-0.15, -0.1) is 0 Å². The molecule has 0 aromatic heterocycles. The van der Waals surface area contributed by atoms with Crippen molar-refractivity contribution < 1.29 is 19.2 Å². The Morgan fingerprint density at radius 3 is 2.36 bits per heavy atom. The van der Waals surface area contributed by atoms with Crippen molar-refractivity contribution >= 4 is 23.6 Å². The summed E-state index contributed by atoms with van der Waals surface area (Å²) in [6.45, 7) is 4.05. The topological polar surface area (TPSA) is 92.3 Å². The summed E-state index contributed by atoms with van der Waals surface area (Å²) in [7, 11) is 0. The summed E-state index contributed by atoms with van der Waals surface area (Å²) in [4.78, 5) is 47.3. The van der Waals surface area contributed by atoms with E-state index < -0.39 is 0 Å². The van der Waals surface area contributed by atoms with Crippen LogP contribution in [-0.4, -0.2) is 23.6 Å². The third-order valence-corrected chi connectivity index (χ3v) is 5.40. The van der Waals surface area contributed by atoms with Gasteiger partial charge in [0.2, 0.25) is 0 Å². The summed E-state index contributed by atoms with van der Waals surface area (Å²) in [6, 6.07) is 5.25. The van der Waals surface area contributed by atoms with Gasteiger partial charge in [0.25, 0.3) is 23.6 Å². The molecule has 25 heavy (non-hydrogen) atoms. The number of amides is 4. The van der Waals surface area contributed by atoms with Crippen molar-refractivity contribution in [2.45, 2.75) is 25.7 Å². The second-order valence-electron chi connectivity index (χ2n) is 7.11. The minimum Gasteiger partial charge on any atom is -0.288 e. The van der Waals surface area contributed by atoms with E-state index in [4.69, 9.17) is 0 Å². The molecule has 0 radical (unpaired) electrons. The fourth-order valence-electron chi connectivity index (χ4n) is 3.66. The van der Waals surface area contributed by atoms with Crippen LogP contribution in [0.25, 0.3) is 0 Å². The zero-order valence-corrected chi connectivity index (χ0v) is 13.8. The molecule has 0 bridgehead atoms. The van der Waals surface area contributed by atoms with E-state index in [1.165, 1.54) is 0 Å². The summed E-state index contributed by atoms with van der Waals surface area (Å²) >= 11 is 0. The van der Waals surface area contributed by atoms with Crippen LogP contribution in [0.15, 0.2) is 41.5 Å². The highest BCUT2D eigenvalue weighted by atomic mass is 16.2. The van der Waals surface area contributed by atoms with E-state index in [-0.39, 0.29) is 35.0 Å². The van der Waals surface area contributed by atoms with Crippen LogP contribution in [0.3, 0.4) is 0 Å². The quantitative estimate of drug-likeness (QED) is 0.798. The molecule has 6 heteroatoms. The number of fused-ring (bicyclic) bond motifs is 1. The molecule has 6 nitrogen and oxygen atoms in total. The lowest BCUT2D eigenvalue weighted by molar-refractivity contribution is -0.124. The first kappa shape index (κ1) is 15.5. The summed E-state index contributed by atoms with van der Waals surface area (Å²) in [6.07, 6.45) is 4.10. The summed E-state index contributed by atoms with van der Waals surface area (Å²) in [5.41, 5.74) is 2.23. The molecule has 1 aromatic rings. The Morgan fingerprint density at radius 2 is 1.60 bits per heavy atom. The van der Waals surface area contributed by atoms with Crippen molar-refractivity contribution in [2.24, 2.45) is 5.92 Å². The molecule has 1 aliphatic carbocycles. The zero-order chi connectivity index (χ0) is 17.9. The Balaban J connectivity index is 1.69. The molecule has 0 spiro atoms. The Bertz CT molecular complexity index is 937. The number of carbonyl (C=O) groups excluding carboxylic acids is 4. The molecule has 126 valence electrons. The fraction of sp³-hybridized carbons (Fsp3) is 0.263. The lowest BCUT2D eigenvalue weighted by Crippen LogP contribution is -2.30. The van der Waals surface area contributed by atoms with E-state index in [1.54, 1.807) is 18.2 Å². The molecule has 1 atom stereocenters. The molecule has 3 aliphatic rings. The van der Waals surface area contributed by atoms with E-state index in [2.05, 4.69) is 10.6 Å². The van der Waals surface area contributed by atoms with Gasteiger partial charge in [0.1, 0.15) is 0 Å². The maximum absolute atomic E-state index is 11.9. The number of benzene rings is 1. The highest BCUT2D eigenvalue weighted by molar-refractivity contribution is 6.22. The molecule has 0 fully saturated rings. The smallest absolute Gasteiger partial charge is 0.258 e. The van der Waals surface area contributed by atoms with Gasteiger partial charge in [-0.1, -0.05) is 32.1 Å². The molecule has 2 N–H and O–H groups in total. The average molecular weight is 336 g/mol. The first-order valence-electron chi connectivity index (χ1n) is 8.06. The molecule has 0 saturated carbocycles. The number of hydrogen-bond acceptors (Lipinski definition) is 4. The summed E-state index contributed by atoms with van der Waals surface area (Å²) in [5, 5.41) is 4.61. The van der Waals surface area contributed by atoms with E-state index in [9.17, 15) is 19.2 Å². The van der Waals surface area contributed by atoms with Gasteiger partial charge in [-0.05, 0) is 35.4 Å². The maximum atomic E-state index is 11.9. The molecule has 1 aromatic carbocycles. The maximum Gasteiger partial charge on any atom is 0.258 e. The van der Waals surface area contributed by atoms with Crippen LogP contribution >= 0.6 is 0 Å². The van der Waals surface area contributed by atoms with Crippen molar-refractivity contribution in [1.82, 2.24) is 10.6 Å². The van der Waals surface area contributed by atoms with Gasteiger partial charge in [-0.2, -0.15) is 0 Å². The molecule has 4 rings (SSSR count). The zero-order valence-electron chi connectivity index (χ0n) is 13.8. The number of carbonyl (C=O) groups is 4. The van der Waals surface area contributed by atoms with Gasteiger partial charge in [0.05, 0.1) is 11.1 Å². The Labute approximate surface area is 144 Å². The Hall–Kier alpha value is -3.02. The van der Waals surface area contributed by atoms with Crippen LogP contribution in [0.5, 0.6) is 0 Å². The molecule has 0 saturated heterocycles. The van der Waals surface area contributed by atoms with E-state index >= 15 is 0 Å². The number of imide groups is 2. The minimum atomic E-state index is -0.387. The predicted molar refractivity (Wildman–Crippen MR) is 88.7 cm³/mol. The van der Waals surface area contributed by atoms with Crippen molar-refractivity contribution in [2.75, 3.05) is 0 Å². The van der Waals surface area contributed by atoms with E-state index in [1.807, 2.05) is 26.0 Å². The van der Waals surface area contributed by atoms with Crippen LogP contribution in [0.1, 0.15) is 46.5 Å². The lowest BCUT2D eigenvalue weighted by atomic mass is 9.68. The third kappa shape index (κ3) is 2.17. The SMILES string of the molecule is CC(C)(c1ccc2c(c1)C(=O)NC2=O)C1C=CC2=C(C1)C(=O)NC2=O. The number of nitrogens with one attached hydrogen (secondary N) is 2. The van der Waals surface area contributed by atoms with Crippen molar-refractivity contribution in [1.29, 1.82) is 0 Å². The van der Waals surface area contributed by atoms with Crippen LogP contribution < -0.4 is 10.6 Å². The molecule has 2 aliphatic heterocycles. The molecular formula is C19H16N2O4. The molecule has 1 unspecified atom stereocenters. The minimum absolute atomic E-state index is 0.0129. The lowest BCUT2D eigenvalue weighted by Gasteiger charge is -2.35. The predicted octanol–water partition coefficient (Wildman–Crippen LogP) is 1.38. The standard InChI is InChI=1S/C19H16N2O4/c1-19(2,9-3-5-11-13(7-9)17(24)20-15(11)22)10-4-6-12-14(8-10)18(25)21-16(12)23/h3-7,10H,8H2,1-2H3,(H,20,22,24)(H,21,23,25). The van der Waals surface area contributed by atoms with Crippen LogP contribution in [0, 0.1) is 5.92 Å². The highest BCUT2D eigenvalue weighted by Crippen LogP contribution is 2.41. The third-order valence-electron chi connectivity index (χ3n) is 5.40. The number of hydrogen-bond donors (Lipinski definition) is 2. The monoisotopic (exact) mass is 336 g/mol. The first-order valence-corrected chi connectivity index (χ1v) is 8.06. The van der Waals surface area contributed by atoms with Gasteiger partial charge in [-0.3, -0.25) is 29.8 Å². The molecule has 2 heterocycles. The Morgan fingerprint density at radius 1 is 0.920 bits per heavy atom. The summed E-state index contributed by atoms with van der Waals surface area (Å²) in [5.74, 6) is -1.45. The van der Waals surface area contributed by atoms with Crippen LogP contribution in [0.2, 0.25) is 0 Å².